The molecule has 0 saturated carbocycles. The van der Waals surface area contributed by atoms with Crippen LogP contribution in [0.3, 0.4) is 0 Å². The summed E-state index contributed by atoms with van der Waals surface area (Å²) in [6, 6.07) is -1.61. The Morgan fingerprint density at radius 3 is 1.00 bits per heavy atom. The Labute approximate surface area is 173 Å². The van der Waals surface area contributed by atoms with E-state index in [0.717, 1.165) is 25.3 Å². The van der Waals surface area contributed by atoms with Crippen LogP contribution in [0, 0.1) is 0 Å². The summed E-state index contributed by atoms with van der Waals surface area (Å²) >= 11 is 17.6. The molecular weight excluding hydrogens is 420 g/mol. The van der Waals surface area contributed by atoms with E-state index in [1.807, 2.05) is 0 Å². The molecule has 0 saturated heterocycles. The molecular formula is C19H36Cl3F3Si. The van der Waals surface area contributed by atoms with E-state index in [0.29, 0.717) is 6.42 Å². The fourth-order valence-electron chi connectivity index (χ4n) is 3.13. The molecule has 0 heterocycles. The highest BCUT2D eigenvalue weighted by Gasteiger charge is 2.25. The molecule has 26 heavy (non-hydrogen) atoms. The molecule has 0 N–H and O–H groups in total. The van der Waals surface area contributed by atoms with E-state index in [-0.39, 0.29) is 6.42 Å². The summed E-state index contributed by atoms with van der Waals surface area (Å²) in [6.07, 6.45) is 13.4. The molecule has 0 aromatic rings. The monoisotopic (exact) mass is 454 g/mol. The van der Waals surface area contributed by atoms with Crippen LogP contribution < -0.4 is 0 Å². The molecule has 0 nitrogen and oxygen atoms in total. The summed E-state index contributed by atoms with van der Waals surface area (Å²) in [5.74, 6) is 0. The SMILES string of the molecule is FC(F)(F)CCCCCCCCCCCCCCCCCC[Si](Cl)(Cl)Cl. The molecule has 0 aromatic heterocycles. The van der Waals surface area contributed by atoms with Gasteiger partial charge in [0.2, 0.25) is 0 Å². The van der Waals surface area contributed by atoms with Gasteiger partial charge in [0.25, 0.3) is 0 Å². The van der Waals surface area contributed by atoms with E-state index >= 15 is 0 Å². The molecule has 0 bridgehead atoms. The second kappa shape index (κ2) is 16.8. The number of halogens is 6. The maximum Gasteiger partial charge on any atom is 0.389 e. The Hall–Kier alpha value is 0.877. The summed E-state index contributed by atoms with van der Waals surface area (Å²) in [4.78, 5) is 0. The number of alkyl halides is 3. The van der Waals surface area contributed by atoms with Gasteiger partial charge in [-0.1, -0.05) is 96.3 Å². The predicted molar refractivity (Wildman–Crippen MR) is 113 cm³/mol. The van der Waals surface area contributed by atoms with Crippen molar-refractivity contribution < 1.29 is 13.2 Å². The lowest BCUT2D eigenvalue weighted by molar-refractivity contribution is -0.135. The van der Waals surface area contributed by atoms with Crippen LogP contribution in [0.15, 0.2) is 0 Å². The lowest BCUT2D eigenvalue weighted by Gasteiger charge is -2.07. The average Bonchev–Trinajstić information content (AvgIpc) is 2.51. The van der Waals surface area contributed by atoms with Gasteiger partial charge in [0.15, 0.2) is 0 Å². The van der Waals surface area contributed by atoms with E-state index in [9.17, 15) is 13.2 Å². The van der Waals surface area contributed by atoms with E-state index in [1.165, 1.54) is 70.6 Å². The first-order chi connectivity index (χ1) is 12.2. The molecule has 0 aliphatic carbocycles. The molecule has 7 heteroatoms. The Kier molecular flexibility index (Phi) is 17.4. The van der Waals surface area contributed by atoms with Crippen LogP contribution in [0.5, 0.6) is 0 Å². The van der Waals surface area contributed by atoms with Crippen LogP contribution in [-0.2, 0) is 0 Å². The molecule has 0 spiro atoms. The zero-order chi connectivity index (χ0) is 19.7. The van der Waals surface area contributed by atoms with Crippen LogP contribution in [-0.4, -0.2) is 12.2 Å². The highest BCUT2D eigenvalue weighted by molar-refractivity contribution is 7.64. The number of unbranched alkanes of at least 4 members (excludes halogenated alkanes) is 15. The van der Waals surface area contributed by atoms with E-state index < -0.39 is 18.6 Å². The molecule has 0 aliphatic rings. The minimum atomic E-state index is -3.98. The Bertz CT molecular complexity index is 277. The summed E-state index contributed by atoms with van der Waals surface area (Å²) in [5.41, 5.74) is 0. The van der Waals surface area contributed by atoms with Crippen molar-refractivity contribution in [1.82, 2.24) is 0 Å². The average molecular weight is 456 g/mol. The number of hydrogen-bond donors (Lipinski definition) is 0. The summed E-state index contributed by atoms with van der Waals surface area (Å²) in [7, 11) is 0. The molecule has 158 valence electrons. The topological polar surface area (TPSA) is 0 Å². The van der Waals surface area contributed by atoms with Crippen LogP contribution in [0.2, 0.25) is 6.04 Å². The van der Waals surface area contributed by atoms with Gasteiger partial charge in [0.05, 0.1) is 0 Å². The van der Waals surface area contributed by atoms with Crippen LogP contribution >= 0.6 is 33.2 Å². The van der Waals surface area contributed by atoms with Crippen molar-refractivity contribution in [3.05, 3.63) is 0 Å². The third kappa shape index (κ3) is 24.9. The Balaban J connectivity index is 3.07. The predicted octanol–water partition coefficient (Wildman–Crippen LogP) is 9.84. The fourth-order valence-corrected chi connectivity index (χ4v) is 4.98. The van der Waals surface area contributed by atoms with Crippen molar-refractivity contribution in [2.24, 2.45) is 0 Å². The van der Waals surface area contributed by atoms with Gasteiger partial charge in [0, 0.05) is 6.42 Å². The van der Waals surface area contributed by atoms with Gasteiger partial charge in [0.1, 0.15) is 0 Å². The van der Waals surface area contributed by atoms with Crippen molar-refractivity contribution in [3.8, 4) is 0 Å². The fraction of sp³-hybridized carbons (Fsp3) is 1.00. The van der Waals surface area contributed by atoms with Crippen LogP contribution in [0.25, 0.3) is 0 Å². The highest BCUT2D eigenvalue weighted by atomic mass is 35.8. The molecule has 0 aromatic carbocycles. The summed E-state index contributed by atoms with van der Waals surface area (Å²) in [5, 5.41) is 0. The third-order valence-corrected chi connectivity index (χ3v) is 7.29. The minimum absolute atomic E-state index is 0.290. The zero-order valence-corrected chi connectivity index (χ0v) is 19.3. The van der Waals surface area contributed by atoms with Crippen LogP contribution in [0.1, 0.15) is 109 Å². The first-order valence-electron chi connectivity index (χ1n) is 10.3. The van der Waals surface area contributed by atoms with Gasteiger partial charge in [-0.25, -0.2) is 0 Å². The molecule has 0 fully saturated rings. The second-order valence-electron chi connectivity index (χ2n) is 7.39. The molecule has 0 aliphatic heterocycles. The Morgan fingerprint density at radius 1 is 0.462 bits per heavy atom. The standard InChI is InChI=1S/C19H36Cl3F3Si/c20-26(21,22)18-16-14-12-10-8-6-4-2-1-3-5-7-9-11-13-15-17-19(23,24)25/h1-18H2. The largest absolute Gasteiger partial charge is 0.389 e. The van der Waals surface area contributed by atoms with Crippen molar-refractivity contribution in [2.45, 2.75) is 121 Å². The quantitative estimate of drug-likeness (QED) is 0.109. The van der Waals surface area contributed by atoms with Crippen molar-refractivity contribution in [2.75, 3.05) is 0 Å². The summed E-state index contributed by atoms with van der Waals surface area (Å²) < 4.78 is 35.9. The van der Waals surface area contributed by atoms with Gasteiger partial charge >= 0.3 is 12.2 Å². The van der Waals surface area contributed by atoms with E-state index in [4.69, 9.17) is 33.2 Å². The second-order valence-corrected chi connectivity index (χ2v) is 16.7. The van der Waals surface area contributed by atoms with Crippen molar-refractivity contribution >= 4 is 39.2 Å². The van der Waals surface area contributed by atoms with Gasteiger partial charge < -0.3 is 0 Å². The maximum absolute atomic E-state index is 12.0. The van der Waals surface area contributed by atoms with Crippen molar-refractivity contribution in [1.29, 1.82) is 0 Å². The first-order valence-corrected chi connectivity index (χ1v) is 15.6. The molecule has 0 atom stereocenters. The maximum atomic E-state index is 12.0. The van der Waals surface area contributed by atoms with Gasteiger partial charge in [-0.2, -0.15) is 13.2 Å². The number of hydrogen-bond acceptors (Lipinski definition) is 0. The normalized spacial score (nSPS) is 12.7. The number of rotatable bonds is 18. The first kappa shape index (κ1) is 26.9. The van der Waals surface area contributed by atoms with Crippen molar-refractivity contribution in [3.63, 3.8) is 0 Å². The lowest BCUT2D eigenvalue weighted by atomic mass is 10.0. The summed E-state index contributed by atoms with van der Waals surface area (Å²) in [6.45, 7) is 0. The molecule has 0 unspecified atom stereocenters. The molecule has 0 rings (SSSR count). The minimum Gasteiger partial charge on any atom is -0.171 e. The van der Waals surface area contributed by atoms with Gasteiger partial charge in [-0.15, -0.1) is 33.2 Å². The van der Waals surface area contributed by atoms with Gasteiger partial charge in [-0.3, -0.25) is 0 Å². The molecule has 0 amide bonds. The van der Waals surface area contributed by atoms with E-state index in [2.05, 4.69) is 0 Å². The lowest BCUT2D eigenvalue weighted by Crippen LogP contribution is -2.07. The smallest absolute Gasteiger partial charge is 0.171 e. The van der Waals surface area contributed by atoms with Gasteiger partial charge in [-0.05, 0) is 12.5 Å². The Morgan fingerprint density at radius 2 is 0.731 bits per heavy atom. The highest BCUT2D eigenvalue weighted by Crippen LogP contribution is 2.27. The molecule has 0 radical (unpaired) electrons. The van der Waals surface area contributed by atoms with E-state index in [1.54, 1.807) is 0 Å². The zero-order valence-electron chi connectivity index (χ0n) is 16.0. The third-order valence-electron chi connectivity index (χ3n) is 4.67. The van der Waals surface area contributed by atoms with Crippen LogP contribution in [0.4, 0.5) is 13.2 Å².